The minimum atomic E-state index is 0.000654. The highest BCUT2D eigenvalue weighted by atomic mass is 16.1. The topological polar surface area (TPSA) is 34.1 Å². The van der Waals surface area contributed by atoms with E-state index in [1.54, 1.807) is 13.8 Å². The molecule has 0 aromatic carbocycles. The Morgan fingerprint density at radius 3 is 1.97 bits per heavy atom. The second-order valence-corrected chi connectivity index (χ2v) is 10.2. The summed E-state index contributed by atoms with van der Waals surface area (Å²) in [7, 11) is 0. The standard InChI is InChI=1S/C28H46O2/c1-20(2)11-8-12-21(3)13-9-14-22(4)15-10-16-23(5)17-18-26-25(7)28(30)24(6)19-27(26)29/h17,19-22H,8-16,18H2,1-7H3/b23-17+. The van der Waals surface area contributed by atoms with Gasteiger partial charge in [0.25, 0.3) is 0 Å². The lowest BCUT2D eigenvalue weighted by Gasteiger charge is -2.15. The summed E-state index contributed by atoms with van der Waals surface area (Å²) in [5, 5.41) is 0. The third-order valence-corrected chi connectivity index (χ3v) is 6.59. The van der Waals surface area contributed by atoms with E-state index in [0.29, 0.717) is 23.1 Å². The maximum atomic E-state index is 12.2. The molecule has 0 bridgehead atoms. The van der Waals surface area contributed by atoms with Crippen LogP contribution in [0.25, 0.3) is 0 Å². The van der Waals surface area contributed by atoms with Crippen molar-refractivity contribution in [3.8, 4) is 0 Å². The van der Waals surface area contributed by atoms with Gasteiger partial charge in [-0.1, -0.05) is 84.3 Å². The van der Waals surface area contributed by atoms with Crippen molar-refractivity contribution < 1.29 is 9.59 Å². The normalized spacial score (nSPS) is 17.6. The van der Waals surface area contributed by atoms with E-state index in [-0.39, 0.29) is 11.6 Å². The fraction of sp³-hybridized carbons (Fsp3) is 0.714. The summed E-state index contributed by atoms with van der Waals surface area (Å²) < 4.78 is 0. The average Bonchev–Trinajstić information content (AvgIpc) is 2.65. The van der Waals surface area contributed by atoms with Crippen molar-refractivity contribution >= 4 is 11.6 Å². The van der Waals surface area contributed by atoms with Crippen molar-refractivity contribution in [3.63, 3.8) is 0 Å². The maximum absolute atomic E-state index is 12.2. The molecule has 0 fully saturated rings. The zero-order chi connectivity index (χ0) is 22.7. The molecule has 0 heterocycles. The van der Waals surface area contributed by atoms with Gasteiger partial charge in [0.15, 0.2) is 11.6 Å². The largest absolute Gasteiger partial charge is 0.290 e. The Bertz CT molecular complexity index is 660. The van der Waals surface area contributed by atoms with Crippen molar-refractivity contribution in [2.45, 2.75) is 113 Å². The molecule has 30 heavy (non-hydrogen) atoms. The van der Waals surface area contributed by atoms with E-state index in [1.807, 2.05) is 0 Å². The van der Waals surface area contributed by atoms with Crippen LogP contribution >= 0.6 is 0 Å². The van der Waals surface area contributed by atoms with E-state index in [2.05, 4.69) is 40.7 Å². The molecule has 2 nitrogen and oxygen atoms in total. The zero-order valence-corrected chi connectivity index (χ0v) is 20.8. The first kappa shape index (κ1) is 26.6. The van der Waals surface area contributed by atoms with Crippen molar-refractivity contribution in [1.82, 2.24) is 0 Å². The molecule has 0 amide bonds. The highest BCUT2D eigenvalue weighted by Crippen LogP contribution is 2.24. The fourth-order valence-corrected chi connectivity index (χ4v) is 4.31. The second-order valence-electron chi connectivity index (χ2n) is 10.2. The number of rotatable bonds is 14. The van der Waals surface area contributed by atoms with E-state index in [0.717, 1.165) is 24.2 Å². The predicted molar refractivity (Wildman–Crippen MR) is 130 cm³/mol. The van der Waals surface area contributed by atoms with Gasteiger partial charge >= 0.3 is 0 Å². The molecule has 0 N–H and O–H groups in total. The zero-order valence-electron chi connectivity index (χ0n) is 20.8. The summed E-state index contributed by atoms with van der Waals surface area (Å²) in [6, 6.07) is 0. The van der Waals surface area contributed by atoms with Gasteiger partial charge in [0.1, 0.15) is 0 Å². The van der Waals surface area contributed by atoms with E-state index >= 15 is 0 Å². The molecule has 1 aliphatic rings. The van der Waals surface area contributed by atoms with Gasteiger partial charge in [-0.3, -0.25) is 9.59 Å². The third kappa shape index (κ3) is 10.0. The monoisotopic (exact) mass is 414 g/mol. The van der Waals surface area contributed by atoms with Gasteiger partial charge in [-0.05, 0) is 63.9 Å². The molecule has 0 aromatic heterocycles. The van der Waals surface area contributed by atoms with Crippen LogP contribution in [0.15, 0.2) is 34.4 Å². The lowest BCUT2D eigenvalue weighted by atomic mass is 9.88. The summed E-state index contributed by atoms with van der Waals surface area (Å²) in [5.41, 5.74) is 3.17. The van der Waals surface area contributed by atoms with E-state index < -0.39 is 0 Å². The van der Waals surface area contributed by atoms with E-state index in [9.17, 15) is 9.59 Å². The van der Waals surface area contributed by atoms with Gasteiger partial charge in [0, 0.05) is 16.7 Å². The Kier molecular flexibility index (Phi) is 12.2. The quantitative estimate of drug-likeness (QED) is 0.212. The summed E-state index contributed by atoms with van der Waals surface area (Å²) in [4.78, 5) is 24.3. The molecule has 170 valence electrons. The van der Waals surface area contributed by atoms with Crippen LogP contribution in [0.2, 0.25) is 0 Å². The number of carbonyl (C=O) groups excluding carboxylic acids is 2. The molecule has 0 saturated heterocycles. The molecule has 0 radical (unpaired) electrons. The van der Waals surface area contributed by atoms with Gasteiger partial charge in [0.2, 0.25) is 0 Å². The number of ketones is 2. The molecule has 0 aromatic rings. The van der Waals surface area contributed by atoms with Gasteiger partial charge in [-0.2, -0.15) is 0 Å². The Labute approximate surface area is 186 Å². The number of allylic oxidation sites excluding steroid dienone is 6. The lowest BCUT2D eigenvalue weighted by Crippen LogP contribution is -2.16. The minimum absolute atomic E-state index is 0.000654. The molecule has 2 heteroatoms. The summed E-state index contributed by atoms with van der Waals surface area (Å²) in [5.74, 6) is 2.50. The van der Waals surface area contributed by atoms with Crippen LogP contribution in [0.5, 0.6) is 0 Å². The third-order valence-electron chi connectivity index (χ3n) is 6.59. The van der Waals surface area contributed by atoms with Crippen molar-refractivity contribution in [2.24, 2.45) is 17.8 Å². The number of Topliss-reactive ketones (excluding diaryl/α,β-unsaturated/α-hetero) is 1. The molecule has 1 aliphatic carbocycles. The molecule has 0 spiro atoms. The predicted octanol–water partition coefficient (Wildman–Crippen LogP) is 8.18. The first-order chi connectivity index (χ1) is 14.1. The second kappa shape index (κ2) is 13.8. The number of hydrogen-bond donors (Lipinski definition) is 0. The number of hydrogen-bond acceptors (Lipinski definition) is 2. The Morgan fingerprint density at radius 1 is 0.867 bits per heavy atom. The molecule has 1 rings (SSSR count). The van der Waals surface area contributed by atoms with Crippen molar-refractivity contribution in [1.29, 1.82) is 0 Å². The van der Waals surface area contributed by atoms with Crippen LogP contribution < -0.4 is 0 Å². The molecule has 2 atom stereocenters. The Balaban J connectivity index is 2.25. The fourth-order valence-electron chi connectivity index (χ4n) is 4.31. The summed E-state index contributed by atoms with van der Waals surface area (Å²) >= 11 is 0. The van der Waals surface area contributed by atoms with Crippen molar-refractivity contribution in [3.05, 3.63) is 34.4 Å². The summed E-state index contributed by atoms with van der Waals surface area (Å²) in [6.07, 6.45) is 16.0. The molecule has 0 saturated carbocycles. The smallest absolute Gasteiger partial charge is 0.184 e. The van der Waals surface area contributed by atoms with Crippen LogP contribution in [-0.4, -0.2) is 11.6 Å². The SMILES string of the molecule is CC1=CC(=O)C(C/C=C(\C)CCCC(C)CCCC(C)CCCC(C)C)=C(C)C1=O. The van der Waals surface area contributed by atoms with Crippen LogP contribution in [0.4, 0.5) is 0 Å². The maximum Gasteiger partial charge on any atom is 0.184 e. The molecule has 0 aliphatic heterocycles. The molecular formula is C28H46O2. The highest BCUT2D eigenvalue weighted by Gasteiger charge is 2.22. The highest BCUT2D eigenvalue weighted by molar-refractivity contribution is 6.22. The van der Waals surface area contributed by atoms with Gasteiger partial charge in [-0.25, -0.2) is 0 Å². The van der Waals surface area contributed by atoms with Gasteiger partial charge in [0.05, 0.1) is 0 Å². The van der Waals surface area contributed by atoms with E-state index in [4.69, 9.17) is 0 Å². The first-order valence-corrected chi connectivity index (χ1v) is 12.2. The molecular weight excluding hydrogens is 368 g/mol. The Hall–Kier alpha value is -1.44. The minimum Gasteiger partial charge on any atom is -0.290 e. The van der Waals surface area contributed by atoms with Crippen LogP contribution in [0.3, 0.4) is 0 Å². The average molecular weight is 415 g/mol. The number of carbonyl (C=O) groups is 2. The first-order valence-electron chi connectivity index (χ1n) is 12.2. The van der Waals surface area contributed by atoms with Crippen LogP contribution in [0, 0.1) is 17.8 Å². The van der Waals surface area contributed by atoms with Gasteiger partial charge in [-0.15, -0.1) is 0 Å². The lowest BCUT2D eigenvalue weighted by molar-refractivity contribution is -0.115. The van der Waals surface area contributed by atoms with Crippen LogP contribution in [-0.2, 0) is 9.59 Å². The van der Waals surface area contributed by atoms with Gasteiger partial charge < -0.3 is 0 Å². The summed E-state index contributed by atoms with van der Waals surface area (Å²) in [6.45, 7) is 15.1. The molecule has 2 unspecified atom stereocenters. The van der Waals surface area contributed by atoms with E-state index in [1.165, 1.54) is 63.0 Å². The van der Waals surface area contributed by atoms with Crippen molar-refractivity contribution in [2.75, 3.05) is 0 Å². The van der Waals surface area contributed by atoms with Crippen LogP contribution in [0.1, 0.15) is 113 Å². The Morgan fingerprint density at radius 2 is 1.40 bits per heavy atom.